The molecule has 0 radical (unpaired) electrons. The number of nitrogens with two attached hydrogens (primary N) is 1. The van der Waals surface area contributed by atoms with Gasteiger partial charge in [0.15, 0.2) is 5.11 Å². The van der Waals surface area contributed by atoms with Gasteiger partial charge in [-0.2, -0.15) is 5.10 Å². The first kappa shape index (κ1) is 10.6. The number of ether oxygens (including phenoxy) is 1. The van der Waals surface area contributed by atoms with E-state index < -0.39 is 0 Å². The van der Waals surface area contributed by atoms with E-state index in [2.05, 4.69) is 10.5 Å². The van der Waals surface area contributed by atoms with Crippen LogP contribution in [0.2, 0.25) is 0 Å². The Morgan fingerprint density at radius 3 is 3.05 bits per heavy atom. The van der Waals surface area contributed by atoms with E-state index >= 15 is 0 Å². The molecular formula is C13H15N3O2S. The largest absolute Gasteiger partial charge is 0.469 e. The van der Waals surface area contributed by atoms with Gasteiger partial charge >= 0.3 is 5.97 Å². The van der Waals surface area contributed by atoms with E-state index in [1.807, 2.05) is 0 Å². The monoisotopic (exact) mass is 277 g/mol. The molecule has 0 aromatic rings. The number of carbonyl (C=O) groups excluding carboxylic acids is 1. The number of rotatable bonds is 2. The van der Waals surface area contributed by atoms with Gasteiger partial charge in [-0.25, -0.2) is 0 Å². The zero-order chi connectivity index (χ0) is 13.1. The lowest BCUT2D eigenvalue weighted by Gasteiger charge is -2.68. The predicted octanol–water partition coefficient (Wildman–Crippen LogP) is 0.107. The smallest absolute Gasteiger partial charge is 0.313 e. The van der Waals surface area contributed by atoms with Crippen molar-refractivity contribution in [1.29, 1.82) is 0 Å². The highest BCUT2D eigenvalue weighted by Crippen LogP contribution is 2.92. The minimum absolute atomic E-state index is 0.00470. The molecule has 0 aliphatic heterocycles. The van der Waals surface area contributed by atoms with Gasteiger partial charge in [0.1, 0.15) is 0 Å². The highest BCUT2D eigenvalue weighted by Gasteiger charge is 2.95. The lowest BCUT2D eigenvalue weighted by Crippen LogP contribution is -2.70. The van der Waals surface area contributed by atoms with Gasteiger partial charge in [0.2, 0.25) is 0 Å². The van der Waals surface area contributed by atoms with E-state index in [0.717, 1.165) is 17.5 Å². The fraction of sp³-hybridized carbons (Fsp3) is 0.769. The van der Waals surface area contributed by atoms with Crippen molar-refractivity contribution in [1.82, 2.24) is 5.43 Å². The third-order valence-corrected chi connectivity index (χ3v) is 6.84. The van der Waals surface area contributed by atoms with Gasteiger partial charge in [0.05, 0.1) is 12.5 Å². The molecule has 0 amide bonds. The van der Waals surface area contributed by atoms with Crippen molar-refractivity contribution >= 4 is 29.0 Å². The maximum Gasteiger partial charge on any atom is 0.313 e. The van der Waals surface area contributed by atoms with Gasteiger partial charge < -0.3 is 10.5 Å². The highest BCUT2D eigenvalue weighted by atomic mass is 32.1. The van der Waals surface area contributed by atoms with Gasteiger partial charge in [-0.05, 0) is 48.2 Å². The summed E-state index contributed by atoms with van der Waals surface area (Å²) in [6.45, 7) is 0. The average molecular weight is 277 g/mol. The summed E-state index contributed by atoms with van der Waals surface area (Å²) in [7, 11) is 1.51. The van der Waals surface area contributed by atoms with Crippen LogP contribution in [0.1, 0.15) is 6.42 Å². The van der Waals surface area contributed by atoms with Crippen LogP contribution in [0.3, 0.4) is 0 Å². The fourth-order valence-electron chi connectivity index (χ4n) is 6.81. The molecule has 4 bridgehead atoms. The maximum absolute atomic E-state index is 12.4. The van der Waals surface area contributed by atoms with Crippen molar-refractivity contribution in [2.75, 3.05) is 7.11 Å². The number of nitrogens with one attached hydrogen (secondary N) is 1. The second kappa shape index (κ2) is 2.80. The van der Waals surface area contributed by atoms with E-state index in [1.54, 1.807) is 0 Å². The van der Waals surface area contributed by atoms with E-state index in [-0.39, 0.29) is 22.4 Å². The SMILES string of the molecule is COC(=O)C12C3CC4C5C(/C(=N\NC(N)=S)C41)C2C53. The van der Waals surface area contributed by atoms with Crippen LogP contribution in [-0.2, 0) is 9.53 Å². The molecule has 5 nitrogen and oxygen atoms in total. The van der Waals surface area contributed by atoms with Crippen molar-refractivity contribution < 1.29 is 9.53 Å². The van der Waals surface area contributed by atoms with Crippen LogP contribution in [0, 0.1) is 46.8 Å². The second-order valence-corrected chi connectivity index (χ2v) is 7.07. The first-order chi connectivity index (χ1) is 9.14. The Morgan fingerprint density at radius 2 is 2.37 bits per heavy atom. The van der Waals surface area contributed by atoms with Crippen molar-refractivity contribution in [2.45, 2.75) is 6.42 Å². The van der Waals surface area contributed by atoms with Crippen LogP contribution in [0.25, 0.3) is 0 Å². The summed E-state index contributed by atoms with van der Waals surface area (Å²) in [5.41, 5.74) is 9.10. The molecule has 0 spiro atoms. The Balaban J connectivity index is 1.61. The molecule has 6 heteroatoms. The number of esters is 1. The van der Waals surface area contributed by atoms with Crippen LogP contribution < -0.4 is 11.2 Å². The Bertz CT molecular complexity index is 576. The first-order valence-electron chi connectivity index (χ1n) is 6.85. The number of hydrazone groups is 1. The molecule has 6 aliphatic carbocycles. The Kier molecular flexibility index (Phi) is 1.56. The molecule has 0 aromatic heterocycles. The van der Waals surface area contributed by atoms with Crippen LogP contribution in [0.4, 0.5) is 0 Å². The third kappa shape index (κ3) is 0.759. The van der Waals surface area contributed by atoms with Gasteiger partial charge in [-0.3, -0.25) is 10.2 Å². The highest BCUT2D eigenvalue weighted by molar-refractivity contribution is 7.80. The van der Waals surface area contributed by atoms with Gasteiger partial charge in [-0.15, -0.1) is 0 Å². The minimum atomic E-state index is -0.236. The second-order valence-electron chi connectivity index (χ2n) is 6.63. The van der Waals surface area contributed by atoms with Crippen molar-refractivity contribution in [3.63, 3.8) is 0 Å². The zero-order valence-electron chi connectivity index (χ0n) is 10.5. The molecule has 6 fully saturated rings. The number of carbonyl (C=O) groups is 1. The summed E-state index contributed by atoms with van der Waals surface area (Å²) in [6.07, 6.45) is 1.19. The van der Waals surface area contributed by atoms with Crippen molar-refractivity contribution in [3.8, 4) is 0 Å². The molecule has 0 heterocycles. The Morgan fingerprint density at radius 1 is 1.58 bits per heavy atom. The summed E-state index contributed by atoms with van der Waals surface area (Å²) in [5, 5.41) is 4.63. The lowest BCUT2D eigenvalue weighted by atomic mass is 9.34. The molecule has 8 unspecified atom stereocenters. The normalized spacial score (nSPS) is 59.0. The molecule has 100 valence electrons. The van der Waals surface area contributed by atoms with E-state index in [4.69, 9.17) is 22.7 Å². The number of hydrogen-bond donors (Lipinski definition) is 2. The Hall–Kier alpha value is -1.17. The summed E-state index contributed by atoms with van der Waals surface area (Å²) in [6, 6.07) is 0. The van der Waals surface area contributed by atoms with Crippen molar-refractivity contribution in [3.05, 3.63) is 0 Å². The van der Waals surface area contributed by atoms with E-state index in [9.17, 15) is 4.79 Å². The molecule has 3 N–H and O–H groups in total. The molecule has 6 saturated carbocycles. The standard InChI is InChI=1S/C13H15N3O2S/c1-18-11(17)13-4-2-3-5-6(4)9(13)7(5)10(8(3)13)15-16-12(14)19/h3-9H,2H2,1H3,(H3,14,16,19)/b15-10+. The van der Waals surface area contributed by atoms with Crippen LogP contribution in [0.5, 0.6) is 0 Å². The van der Waals surface area contributed by atoms with Crippen molar-refractivity contribution in [2.24, 2.45) is 57.7 Å². The third-order valence-electron chi connectivity index (χ3n) is 6.75. The van der Waals surface area contributed by atoms with Crippen LogP contribution in [-0.4, -0.2) is 23.9 Å². The summed E-state index contributed by atoms with van der Waals surface area (Å²) >= 11 is 4.82. The summed E-state index contributed by atoms with van der Waals surface area (Å²) in [5.74, 6) is 4.01. The van der Waals surface area contributed by atoms with Gasteiger partial charge in [0.25, 0.3) is 0 Å². The molecule has 0 aromatic carbocycles. The first-order valence-corrected chi connectivity index (χ1v) is 7.26. The maximum atomic E-state index is 12.4. The van der Waals surface area contributed by atoms with E-state index in [1.165, 1.54) is 13.5 Å². The Labute approximate surface area is 115 Å². The number of nitrogens with zero attached hydrogens (tertiary/aromatic N) is 1. The van der Waals surface area contributed by atoms with Gasteiger partial charge in [0, 0.05) is 17.5 Å². The molecule has 6 aliphatic rings. The number of thiocarbonyl (C=S) groups is 1. The number of methoxy groups -OCH3 is 1. The lowest BCUT2D eigenvalue weighted by molar-refractivity contribution is -0.246. The van der Waals surface area contributed by atoms with Gasteiger partial charge in [-0.1, -0.05) is 0 Å². The average Bonchev–Trinajstić information content (AvgIpc) is 2.84. The van der Waals surface area contributed by atoms with Crippen LogP contribution in [0.15, 0.2) is 5.10 Å². The van der Waals surface area contributed by atoms with E-state index in [0.29, 0.717) is 23.7 Å². The molecule has 8 atom stereocenters. The minimum Gasteiger partial charge on any atom is -0.469 e. The fourth-order valence-corrected chi connectivity index (χ4v) is 6.85. The van der Waals surface area contributed by atoms with Crippen LogP contribution >= 0.6 is 12.2 Å². The predicted molar refractivity (Wildman–Crippen MR) is 70.9 cm³/mol. The molecule has 0 saturated heterocycles. The molecular weight excluding hydrogens is 262 g/mol. The summed E-state index contributed by atoms with van der Waals surface area (Å²) < 4.78 is 5.13. The zero-order valence-corrected chi connectivity index (χ0v) is 11.3. The number of hydrogen-bond acceptors (Lipinski definition) is 4. The molecule has 6 rings (SSSR count). The quantitative estimate of drug-likeness (QED) is 0.425. The summed E-state index contributed by atoms with van der Waals surface area (Å²) in [4.78, 5) is 12.4. The molecule has 19 heavy (non-hydrogen) atoms. The topological polar surface area (TPSA) is 76.7 Å².